The third-order valence-electron chi connectivity index (χ3n) is 4.21. The molecular formula is C17H21Cl2F3N4O2S. The van der Waals surface area contributed by atoms with E-state index in [1.165, 1.54) is 10.2 Å². The molecule has 1 fully saturated rings. The van der Waals surface area contributed by atoms with E-state index >= 15 is 0 Å². The Morgan fingerprint density at radius 3 is 2.17 bits per heavy atom. The molecule has 0 spiro atoms. The number of hydrogen-bond acceptors (Lipinski definition) is 5. The summed E-state index contributed by atoms with van der Waals surface area (Å²) in [4.78, 5) is 5.24. The zero-order valence-electron chi connectivity index (χ0n) is 16.2. The minimum Gasteiger partial charge on any atom is -0.347 e. The van der Waals surface area contributed by atoms with Gasteiger partial charge in [-0.05, 0) is 41.9 Å². The monoisotopic (exact) mass is 472 g/mol. The minimum atomic E-state index is -4.56. The molecule has 1 aliphatic carbocycles. The highest BCUT2D eigenvalue weighted by molar-refractivity contribution is 8.31. The molecule has 1 aromatic heterocycles. The van der Waals surface area contributed by atoms with E-state index in [1.54, 1.807) is 19.0 Å². The van der Waals surface area contributed by atoms with E-state index in [2.05, 4.69) is 51.4 Å². The highest BCUT2D eigenvalue weighted by Crippen LogP contribution is 2.44. The lowest BCUT2D eigenvalue weighted by molar-refractivity contribution is -0.144. The molecule has 3 rings (SSSR count). The molecule has 1 saturated carbocycles. The van der Waals surface area contributed by atoms with Gasteiger partial charge in [0.05, 0.1) is 5.69 Å². The normalized spacial score (nSPS) is 14.6. The second kappa shape index (κ2) is 8.69. The third kappa shape index (κ3) is 6.75. The van der Waals surface area contributed by atoms with Gasteiger partial charge in [-0.3, -0.25) is 0 Å². The molecule has 1 heterocycles. The average Bonchev–Trinajstić information content (AvgIpc) is 3.28. The standard InChI is InChI=1S/C17H21F3N4.Cl2O2S/c1-10(2)12-7-8-14(13(9-12)11-5-6-11)24-16(23(3)4)21-15(22-24)17(18,19)20;1-5(2,3)4/h7-11H,5-6H2,1-4H3;. The van der Waals surface area contributed by atoms with Crippen LogP contribution < -0.4 is 4.90 Å². The van der Waals surface area contributed by atoms with Gasteiger partial charge in [0, 0.05) is 35.5 Å². The van der Waals surface area contributed by atoms with Crippen LogP contribution in [0.25, 0.3) is 5.69 Å². The molecule has 0 N–H and O–H groups in total. The summed E-state index contributed by atoms with van der Waals surface area (Å²) in [6, 6.07) is 5.93. The fourth-order valence-corrected chi connectivity index (χ4v) is 2.72. The maximum Gasteiger partial charge on any atom is 0.453 e. The number of rotatable bonds is 4. The van der Waals surface area contributed by atoms with Gasteiger partial charge in [-0.2, -0.15) is 31.3 Å². The van der Waals surface area contributed by atoms with Gasteiger partial charge in [0.25, 0.3) is 5.82 Å². The first-order valence-corrected chi connectivity index (χ1v) is 11.8. The van der Waals surface area contributed by atoms with Gasteiger partial charge in [0.2, 0.25) is 5.95 Å². The Hall–Kier alpha value is -1.52. The zero-order chi connectivity index (χ0) is 22.1. The average molecular weight is 473 g/mol. The Bertz CT molecular complexity index is 964. The summed E-state index contributed by atoms with van der Waals surface area (Å²) in [5.41, 5.74) is 2.93. The van der Waals surface area contributed by atoms with Crippen LogP contribution in [0.1, 0.15) is 55.5 Å². The van der Waals surface area contributed by atoms with Gasteiger partial charge in [-0.1, -0.05) is 26.0 Å². The molecule has 2 aromatic rings. The van der Waals surface area contributed by atoms with Crippen molar-refractivity contribution in [3.05, 3.63) is 35.2 Å². The number of halogens is 5. The Kier molecular flexibility index (Phi) is 7.12. The van der Waals surface area contributed by atoms with Gasteiger partial charge in [0.15, 0.2) is 0 Å². The second-order valence-electron chi connectivity index (χ2n) is 7.16. The SMILES string of the molecule is CC(C)c1ccc(-n2nc(C(F)(F)F)nc2N(C)C)c(C2CC2)c1.O=S(=O)(Cl)Cl. The van der Waals surface area contributed by atoms with Crippen molar-refractivity contribution < 1.29 is 21.6 Å². The number of alkyl halides is 3. The molecule has 162 valence electrons. The lowest BCUT2D eigenvalue weighted by atomic mass is 9.97. The van der Waals surface area contributed by atoms with Gasteiger partial charge in [-0.25, -0.2) is 0 Å². The topological polar surface area (TPSA) is 68.1 Å². The van der Waals surface area contributed by atoms with Crippen LogP contribution >= 0.6 is 21.4 Å². The van der Waals surface area contributed by atoms with Crippen molar-refractivity contribution in [2.24, 2.45) is 0 Å². The number of aromatic nitrogens is 3. The predicted octanol–water partition coefficient (Wildman–Crippen LogP) is 5.06. The summed E-state index contributed by atoms with van der Waals surface area (Å²) in [7, 11) is 8.15. The summed E-state index contributed by atoms with van der Waals surface area (Å²) in [5.74, 6) is -0.166. The summed E-state index contributed by atoms with van der Waals surface area (Å²) in [6.45, 7) is 4.21. The van der Waals surface area contributed by atoms with Gasteiger partial charge >= 0.3 is 14.4 Å². The maximum atomic E-state index is 13.0. The lowest BCUT2D eigenvalue weighted by Gasteiger charge is -2.17. The van der Waals surface area contributed by atoms with Crippen LogP contribution in [0.4, 0.5) is 19.1 Å². The van der Waals surface area contributed by atoms with Crippen LogP contribution in [0.2, 0.25) is 0 Å². The fraction of sp³-hybridized carbons (Fsp3) is 0.529. The molecule has 0 radical (unpaired) electrons. The first-order chi connectivity index (χ1) is 13.2. The smallest absolute Gasteiger partial charge is 0.347 e. The van der Waals surface area contributed by atoms with Crippen molar-refractivity contribution >= 4 is 35.6 Å². The van der Waals surface area contributed by atoms with Crippen LogP contribution in [0.15, 0.2) is 18.2 Å². The summed E-state index contributed by atoms with van der Waals surface area (Å²) in [6.07, 6.45) is -2.44. The number of hydrogen-bond donors (Lipinski definition) is 0. The molecule has 0 aliphatic heterocycles. The summed E-state index contributed by atoms with van der Waals surface area (Å²) < 4.78 is 58.8. The van der Waals surface area contributed by atoms with E-state index in [9.17, 15) is 13.2 Å². The van der Waals surface area contributed by atoms with E-state index in [0.29, 0.717) is 17.5 Å². The highest BCUT2D eigenvalue weighted by Gasteiger charge is 2.38. The van der Waals surface area contributed by atoms with Crippen LogP contribution in [-0.2, 0) is 14.4 Å². The van der Waals surface area contributed by atoms with E-state index in [1.807, 2.05) is 12.1 Å². The Morgan fingerprint density at radius 1 is 1.21 bits per heavy atom. The largest absolute Gasteiger partial charge is 0.453 e. The van der Waals surface area contributed by atoms with Crippen LogP contribution in [-0.4, -0.2) is 37.3 Å². The molecule has 0 amide bonds. The van der Waals surface area contributed by atoms with Crippen molar-refractivity contribution in [2.75, 3.05) is 19.0 Å². The third-order valence-corrected chi connectivity index (χ3v) is 4.21. The Balaban J connectivity index is 0.000000537. The molecule has 0 saturated heterocycles. The van der Waals surface area contributed by atoms with Crippen molar-refractivity contribution in [1.29, 1.82) is 0 Å². The van der Waals surface area contributed by atoms with Crippen molar-refractivity contribution in [3.63, 3.8) is 0 Å². The molecule has 0 bridgehead atoms. The molecule has 1 aromatic carbocycles. The second-order valence-corrected chi connectivity index (χ2v) is 10.8. The van der Waals surface area contributed by atoms with Crippen LogP contribution in [0, 0.1) is 0 Å². The molecule has 12 heteroatoms. The molecular weight excluding hydrogens is 452 g/mol. The van der Waals surface area contributed by atoms with Crippen molar-refractivity contribution in [3.8, 4) is 5.69 Å². The van der Waals surface area contributed by atoms with Crippen molar-refractivity contribution in [2.45, 2.75) is 44.7 Å². The Morgan fingerprint density at radius 2 is 1.76 bits per heavy atom. The maximum absolute atomic E-state index is 13.0. The van der Waals surface area contributed by atoms with E-state index in [0.717, 1.165) is 18.4 Å². The molecule has 0 unspecified atom stereocenters. The van der Waals surface area contributed by atoms with E-state index in [-0.39, 0.29) is 5.95 Å². The zero-order valence-corrected chi connectivity index (χ0v) is 18.5. The van der Waals surface area contributed by atoms with E-state index < -0.39 is 20.3 Å². The molecule has 29 heavy (non-hydrogen) atoms. The van der Waals surface area contributed by atoms with Gasteiger partial charge in [-0.15, -0.1) is 5.10 Å². The Labute approximate surface area is 176 Å². The van der Waals surface area contributed by atoms with E-state index in [4.69, 9.17) is 8.42 Å². The fourth-order valence-electron chi connectivity index (χ4n) is 2.72. The van der Waals surface area contributed by atoms with Crippen LogP contribution in [0.5, 0.6) is 0 Å². The highest BCUT2D eigenvalue weighted by atomic mass is 36.0. The summed E-state index contributed by atoms with van der Waals surface area (Å²) >= 11 is 0. The number of nitrogens with zero attached hydrogens (tertiary/aromatic N) is 4. The molecule has 6 nitrogen and oxygen atoms in total. The van der Waals surface area contributed by atoms with Crippen LogP contribution in [0.3, 0.4) is 0 Å². The number of anilines is 1. The van der Waals surface area contributed by atoms with Gasteiger partial charge in [0.1, 0.15) is 0 Å². The number of benzene rings is 1. The van der Waals surface area contributed by atoms with Gasteiger partial charge < -0.3 is 4.90 Å². The summed E-state index contributed by atoms with van der Waals surface area (Å²) in [5, 5.41) is 3.76. The van der Waals surface area contributed by atoms with Crippen molar-refractivity contribution in [1.82, 2.24) is 14.8 Å². The predicted molar refractivity (Wildman–Crippen MR) is 107 cm³/mol. The molecule has 0 atom stereocenters. The minimum absolute atomic E-state index is 0.182. The first-order valence-electron chi connectivity index (χ1n) is 8.68. The first kappa shape index (κ1) is 23.8. The molecule has 1 aliphatic rings. The lowest BCUT2D eigenvalue weighted by Crippen LogP contribution is -2.16. The quantitative estimate of drug-likeness (QED) is 0.581.